The molecule has 0 aliphatic carbocycles. The Balaban J connectivity index is 1.60. The number of carbonyl (C=O) groups is 1. The molecule has 176 valence electrons. The number of hydrogen-bond donors (Lipinski definition) is 2. The Morgan fingerprint density at radius 3 is 2.59 bits per heavy atom. The molecule has 2 aromatic heterocycles. The molecule has 0 saturated carbocycles. The van der Waals surface area contributed by atoms with Crippen LogP contribution in [0.1, 0.15) is 11.1 Å². The van der Waals surface area contributed by atoms with Crippen LogP contribution in [0.4, 0.5) is 0 Å². The fraction of sp³-hybridized carbons (Fsp3) is 0.136. The third kappa shape index (κ3) is 5.31. The van der Waals surface area contributed by atoms with Gasteiger partial charge in [-0.05, 0) is 35.9 Å². The highest BCUT2D eigenvalue weighted by molar-refractivity contribution is 7.89. The van der Waals surface area contributed by atoms with Crippen LogP contribution in [0.5, 0.6) is 5.75 Å². The van der Waals surface area contributed by atoms with Gasteiger partial charge < -0.3 is 9.15 Å². The van der Waals surface area contributed by atoms with E-state index in [2.05, 4.69) is 10.1 Å². The average Bonchev–Trinajstić information content (AvgIpc) is 3.57. The SMILES string of the molecule is O=C(CN(Cc1ccc(-n2cncn2)cc1)S(=O)(=O)c1ccccc1OCc1ccoc1)NO. The maximum atomic E-state index is 13.6. The van der Waals surface area contributed by atoms with Gasteiger partial charge in [0.2, 0.25) is 10.0 Å². The summed E-state index contributed by atoms with van der Waals surface area (Å²) in [4.78, 5) is 15.7. The van der Waals surface area contributed by atoms with Gasteiger partial charge in [0.1, 0.15) is 29.9 Å². The number of nitrogens with zero attached hydrogens (tertiary/aromatic N) is 4. The second kappa shape index (κ2) is 10.3. The van der Waals surface area contributed by atoms with Crippen molar-refractivity contribution < 1.29 is 27.6 Å². The number of hydrogen-bond acceptors (Lipinski definition) is 8. The minimum Gasteiger partial charge on any atom is -0.487 e. The summed E-state index contributed by atoms with van der Waals surface area (Å²) in [6.07, 6.45) is 5.93. The second-order valence-electron chi connectivity index (χ2n) is 7.18. The lowest BCUT2D eigenvalue weighted by Gasteiger charge is -2.23. The molecular formula is C22H21N5O6S. The van der Waals surface area contributed by atoms with Crippen molar-refractivity contribution in [2.75, 3.05) is 6.54 Å². The van der Waals surface area contributed by atoms with E-state index in [1.165, 1.54) is 42.8 Å². The van der Waals surface area contributed by atoms with Crippen molar-refractivity contribution in [2.24, 2.45) is 0 Å². The number of aromatic nitrogens is 3. The Hall–Kier alpha value is -4.00. The van der Waals surface area contributed by atoms with Crippen molar-refractivity contribution in [1.29, 1.82) is 0 Å². The van der Waals surface area contributed by atoms with Crippen LogP contribution in [0.15, 0.2) is 89.1 Å². The van der Waals surface area contributed by atoms with Gasteiger partial charge in [-0.2, -0.15) is 9.40 Å². The first kappa shape index (κ1) is 23.2. The van der Waals surface area contributed by atoms with Crippen molar-refractivity contribution in [3.63, 3.8) is 0 Å². The Morgan fingerprint density at radius 1 is 1.12 bits per heavy atom. The molecule has 0 atom stereocenters. The predicted octanol–water partition coefficient (Wildman–Crippen LogP) is 2.14. The molecule has 11 nitrogen and oxygen atoms in total. The Morgan fingerprint density at radius 2 is 1.91 bits per heavy atom. The van der Waals surface area contributed by atoms with Crippen molar-refractivity contribution >= 4 is 15.9 Å². The fourth-order valence-corrected chi connectivity index (χ4v) is 4.69. The number of sulfonamides is 1. The highest BCUT2D eigenvalue weighted by Gasteiger charge is 2.29. The molecule has 0 bridgehead atoms. The van der Waals surface area contributed by atoms with Gasteiger partial charge in [-0.15, -0.1) is 0 Å². The van der Waals surface area contributed by atoms with E-state index in [0.717, 1.165) is 15.6 Å². The van der Waals surface area contributed by atoms with Gasteiger partial charge >= 0.3 is 0 Å². The van der Waals surface area contributed by atoms with Crippen LogP contribution in [-0.2, 0) is 28.0 Å². The third-order valence-corrected chi connectivity index (χ3v) is 6.70. The first-order chi connectivity index (χ1) is 16.5. The summed E-state index contributed by atoms with van der Waals surface area (Å²) in [7, 11) is -4.19. The number of furan rings is 1. The molecule has 34 heavy (non-hydrogen) atoms. The smallest absolute Gasteiger partial charge is 0.258 e. The number of amides is 1. The number of rotatable bonds is 10. The van der Waals surface area contributed by atoms with Crippen LogP contribution < -0.4 is 10.2 Å². The summed E-state index contributed by atoms with van der Waals surface area (Å²) < 4.78 is 40.4. The summed E-state index contributed by atoms with van der Waals surface area (Å²) >= 11 is 0. The molecular weight excluding hydrogens is 462 g/mol. The summed E-state index contributed by atoms with van der Waals surface area (Å²) in [5.74, 6) is -0.751. The van der Waals surface area contributed by atoms with Gasteiger partial charge in [0, 0.05) is 12.1 Å². The summed E-state index contributed by atoms with van der Waals surface area (Å²) in [6, 6.07) is 14.8. The fourth-order valence-electron chi connectivity index (χ4n) is 3.18. The van der Waals surface area contributed by atoms with Crippen LogP contribution in [0.3, 0.4) is 0 Å². The molecule has 0 aliphatic rings. The van der Waals surface area contributed by atoms with Crippen molar-refractivity contribution in [3.8, 4) is 11.4 Å². The van der Waals surface area contributed by atoms with Crippen molar-refractivity contribution in [3.05, 3.63) is 90.9 Å². The molecule has 0 spiro atoms. The zero-order chi connectivity index (χ0) is 24.0. The number of benzene rings is 2. The van der Waals surface area contributed by atoms with E-state index >= 15 is 0 Å². The summed E-state index contributed by atoms with van der Waals surface area (Å²) in [5, 5.41) is 13.1. The molecule has 2 aromatic carbocycles. The molecule has 1 amide bonds. The maximum absolute atomic E-state index is 13.6. The van der Waals surface area contributed by atoms with E-state index in [9.17, 15) is 13.2 Å². The molecule has 0 radical (unpaired) electrons. The molecule has 0 saturated heterocycles. The molecule has 0 fully saturated rings. The van der Waals surface area contributed by atoms with E-state index in [-0.39, 0.29) is 23.8 Å². The van der Waals surface area contributed by atoms with E-state index < -0.39 is 22.5 Å². The van der Waals surface area contributed by atoms with Crippen LogP contribution in [0, 0.1) is 0 Å². The predicted molar refractivity (Wildman–Crippen MR) is 118 cm³/mol. The number of ether oxygens (including phenoxy) is 1. The van der Waals surface area contributed by atoms with Crippen LogP contribution >= 0.6 is 0 Å². The minimum absolute atomic E-state index is 0.101. The molecule has 4 rings (SSSR count). The van der Waals surface area contributed by atoms with E-state index in [0.29, 0.717) is 5.56 Å². The Bertz CT molecular complexity index is 1320. The van der Waals surface area contributed by atoms with Crippen LogP contribution in [0.25, 0.3) is 5.69 Å². The van der Waals surface area contributed by atoms with Gasteiger partial charge in [0.05, 0.1) is 24.8 Å². The second-order valence-corrected chi connectivity index (χ2v) is 9.09. The molecule has 12 heteroatoms. The quantitative estimate of drug-likeness (QED) is 0.258. The zero-order valence-corrected chi connectivity index (χ0v) is 18.6. The van der Waals surface area contributed by atoms with Gasteiger partial charge in [-0.3, -0.25) is 10.0 Å². The topological polar surface area (TPSA) is 140 Å². The molecule has 2 N–H and O–H groups in total. The van der Waals surface area contributed by atoms with E-state index in [1.54, 1.807) is 47.1 Å². The number of para-hydroxylation sites is 1. The molecule has 2 heterocycles. The summed E-state index contributed by atoms with van der Waals surface area (Å²) in [6.45, 7) is -0.618. The average molecular weight is 484 g/mol. The van der Waals surface area contributed by atoms with Crippen molar-refractivity contribution in [2.45, 2.75) is 18.0 Å². The van der Waals surface area contributed by atoms with Gasteiger partial charge in [-0.1, -0.05) is 24.3 Å². The maximum Gasteiger partial charge on any atom is 0.258 e. The molecule has 4 aromatic rings. The number of hydroxylamine groups is 1. The zero-order valence-electron chi connectivity index (χ0n) is 17.8. The van der Waals surface area contributed by atoms with Gasteiger partial charge in [0.15, 0.2) is 0 Å². The molecule has 0 aliphatic heterocycles. The number of nitrogens with one attached hydrogen (secondary N) is 1. The Kier molecular flexibility index (Phi) is 7.01. The lowest BCUT2D eigenvalue weighted by molar-refractivity contribution is -0.129. The minimum atomic E-state index is -4.19. The largest absolute Gasteiger partial charge is 0.487 e. The van der Waals surface area contributed by atoms with Gasteiger partial charge in [-0.25, -0.2) is 23.6 Å². The first-order valence-electron chi connectivity index (χ1n) is 10.1. The standard InChI is InChI=1S/C22H21N5O6S/c28-22(25-29)12-26(11-17-5-7-19(8-6-17)27-16-23-15-24-27)34(30,31)21-4-2-1-3-20(21)33-14-18-9-10-32-13-18/h1-10,13,15-16,29H,11-12,14H2,(H,25,28). The Labute approximate surface area is 195 Å². The first-order valence-corrected chi connectivity index (χ1v) is 11.5. The lowest BCUT2D eigenvalue weighted by Crippen LogP contribution is -2.39. The number of carbonyl (C=O) groups excluding carboxylic acids is 1. The lowest BCUT2D eigenvalue weighted by atomic mass is 10.2. The highest BCUT2D eigenvalue weighted by Crippen LogP contribution is 2.28. The highest BCUT2D eigenvalue weighted by atomic mass is 32.2. The third-order valence-electron chi connectivity index (χ3n) is 4.86. The van der Waals surface area contributed by atoms with Gasteiger partial charge in [0.25, 0.3) is 5.91 Å². The monoisotopic (exact) mass is 483 g/mol. The molecule has 0 unspecified atom stereocenters. The van der Waals surface area contributed by atoms with Crippen molar-refractivity contribution in [1.82, 2.24) is 24.5 Å². The van der Waals surface area contributed by atoms with Crippen LogP contribution in [-0.4, -0.2) is 45.1 Å². The summed E-state index contributed by atoms with van der Waals surface area (Å²) in [5.41, 5.74) is 3.58. The van der Waals surface area contributed by atoms with E-state index in [1.807, 2.05) is 0 Å². The van der Waals surface area contributed by atoms with Crippen LogP contribution in [0.2, 0.25) is 0 Å². The van der Waals surface area contributed by atoms with E-state index in [4.69, 9.17) is 14.4 Å². The normalized spacial score (nSPS) is 11.5.